The number of nitriles is 1. The van der Waals surface area contributed by atoms with E-state index in [4.69, 9.17) is 5.26 Å². The Labute approximate surface area is 145 Å². The molecule has 0 aliphatic carbocycles. The van der Waals surface area contributed by atoms with Crippen molar-refractivity contribution in [3.05, 3.63) is 35.4 Å². The Kier molecular flexibility index (Phi) is 6.04. The number of aryl methyl sites for hydroxylation is 1. The number of carbonyl (C=O) groups is 1. The molecule has 0 saturated carbocycles. The van der Waals surface area contributed by atoms with E-state index in [1.54, 1.807) is 28.4 Å². The zero-order chi connectivity index (χ0) is 14.8. The first-order chi connectivity index (χ1) is 10.2. The van der Waals surface area contributed by atoms with Gasteiger partial charge in [0, 0.05) is 11.5 Å². The summed E-state index contributed by atoms with van der Waals surface area (Å²) in [5, 5.41) is 12.7. The number of benzene rings is 1. The van der Waals surface area contributed by atoms with Crippen molar-refractivity contribution < 1.29 is 4.79 Å². The standard InChI is InChI=1S/C15H17N3OS2.ClH/c1-10-3-2-4-11(5-10)14-17-13(8-21-14)15(19)18-9-20-7-12(18)6-16;/h2-5,12-14,17H,7-9H2,1H3;1H/t12-,13+,14?;/m1./s1. The average molecular weight is 356 g/mol. The molecule has 2 aliphatic rings. The highest BCUT2D eigenvalue weighted by Crippen LogP contribution is 2.34. The van der Waals surface area contributed by atoms with Gasteiger partial charge >= 0.3 is 0 Å². The SMILES string of the molecule is Cc1cccc(C2N[C@H](C(=O)N3CSC[C@H]3C#N)CS2)c1.Cl. The number of carbonyl (C=O) groups excluding carboxylic acids is 1. The number of halogens is 1. The zero-order valence-corrected chi connectivity index (χ0v) is 14.6. The van der Waals surface area contributed by atoms with Gasteiger partial charge in [0.2, 0.25) is 5.91 Å². The molecule has 2 aliphatic heterocycles. The molecule has 7 heteroatoms. The van der Waals surface area contributed by atoms with Crippen molar-refractivity contribution in [2.75, 3.05) is 17.4 Å². The third-order valence-corrected chi connectivity index (χ3v) is 6.02. The number of hydrogen-bond acceptors (Lipinski definition) is 5. The summed E-state index contributed by atoms with van der Waals surface area (Å²) in [7, 11) is 0. The van der Waals surface area contributed by atoms with E-state index >= 15 is 0 Å². The molecule has 2 saturated heterocycles. The normalized spacial score (nSPS) is 27.3. The fourth-order valence-corrected chi connectivity index (χ4v) is 4.92. The van der Waals surface area contributed by atoms with Gasteiger partial charge in [0.25, 0.3) is 0 Å². The maximum absolute atomic E-state index is 12.5. The van der Waals surface area contributed by atoms with E-state index in [2.05, 4.69) is 36.5 Å². The van der Waals surface area contributed by atoms with Crippen molar-refractivity contribution in [3.63, 3.8) is 0 Å². The third kappa shape index (κ3) is 3.54. The lowest BCUT2D eigenvalue weighted by Gasteiger charge is -2.22. The van der Waals surface area contributed by atoms with E-state index < -0.39 is 0 Å². The van der Waals surface area contributed by atoms with Crippen LogP contribution in [-0.4, -0.2) is 40.3 Å². The van der Waals surface area contributed by atoms with Crippen LogP contribution in [0.2, 0.25) is 0 Å². The fraction of sp³-hybridized carbons (Fsp3) is 0.467. The van der Waals surface area contributed by atoms with Crippen LogP contribution in [0.15, 0.2) is 24.3 Å². The first-order valence-corrected chi connectivity index (χ1v) is 9.11. The van der Waals surface area contributed by atoms with E-state index in [9.17, 15) is 4.79 Å². The van der Waals surface area contributed by atoms with Crippen molar-refractivity contribution in [1.82, 2.24) is 10.2 Å². The van der Waals surface area contributed by atoms with Crippen LogP contribution in [0.3, 0.4) is 0 Å². The molecule has 1 unspecified atom stereocenters. The van der Waals surface area contributed by atoms with Crippen LogP contribution in [0.4, 0.5) is 0 Å². The molecule has 1 N–H and O–H groups in total. The molecule has 22 heavy (non-hydrogen) atoms. The molecule has 3 rings (SSSR count). The van der Waals surface area contributed by atoms with Crippen LogP contribution >= 0.6 is 35.9 Å². The molecule has 0 bridgehead atoms. The van der Waals surface area contributed by atoms with Crippen molar-refractivity contribution in [3.8, 4) is 6.07 Å². The summed E-state index contributed by atoms with van der Waals surface area (Å²) < 4.78 is 0. The Morgan fingerprint density at radius 1 is 1.45 bits per heavy atom. The lowest BCUT2D eigenvalue weighted by atomic mass is 10.1. The van der Waals surface area contributed by atoms with Crippen LogP contribution in [-0.2, 0) is 4.79 Å². The number of nitrogens with zero attached hydrogens (tertiary/aromatic N) is 2. The first kappa shape index (κ1) is 17.5. The molecule has 1 aromatic rings. The van der Waals surface area contributed by atoms with Crippen LogP contribution in [0.25, 0.3) is 0 Å². The maximum Gasteiger partial charge on any atom is 0.242 e. The molecular formula is C15H18ClN3OS2. The molecule has 0 radical (unpaired) electrons. The minimum absolute atomic E-state index is 0. The van der Waals surface area contributed by atoms with Crippen LogP contribution < -0.4 is 5.32 Å². The second-order valence-corrected chi connectivity index (χ2v) is 7.44. The summed E-state index contributed by atoms with van der Waals surface area (Å²) in [6.07, 6.45) is 0. The molecular weight excluding hydrogens is 338 g/mol. The minimum Gasteiger partial charge on any atom is -0.315 e. The third-order valence-electron chi connectivity index (χ3n) is 3.74. The van der Waals surface area contributed by atoms with Crippen molar-refractivity contribution in [2.24, 2.45) is 0 Å². The fourth-order valence-electron chi connectivity index (χ4n) is 2.61. The number of hydrogen-bond donors (Lipinski definition) is 1. The van der Waals surface area contributed by atoms with Gasteiger partial charge in [-0.15, -0.1) is 35.9 Å². The summed E-state index contributed by atoms with van der Waals surface area (Å²) in [6.45, 7) is 2.07. The Bertz CT molecular complexity index is 592. The van der Waals surface area contributed by atoms with E-state index in [-0.39, 0.29) is 35.8 Å². The quantitative estimate of drug-likeness (QED) is 0.883. The number of nitrogens with one attached hydrogen (secondary N) is 1. The summed E-state index contributed by atoms with van der Waals surface area (Å²) >= 11 is 3.41. The smallest absolute Gasteiger partial charge is 0.242 e. The lowest BCUT2D eigenvalue weighted by molar-refractivity contribution is -0.132. The average Bonchev–Trinajstić information content (AvgIpc) is 3.15. The predicted octanol–water partition coefficient (Wildman–Crippen LogP) is 2.55. The Balaban J connectivity index is 0.00000176. The molecule has 1 aromatic carbocycles. The number of amides is 1. The van der Waals surface area contributed by atoms with E-state index in [0.717, 1.165) is 11.5 Å². The van der Waals surface area contributed by atoms with Gasteiger partial charge in [-0.3, -0.25) is 10.1 Å². The molecule has 1 amide bonds. The van der Waals surface area contributed by atoms with Gasteiger partial charge in [-0.05, 0) is 12.5 Å². The second-order valence-electron chi connectivity index (χ2n) is 5.30. The highest BCUT2D eigenvalue weighted by molar-refractivity contribution is 8.00. The molecule has 4 nitrogen and oxygen atoms in total. The Morgan fingerprint density at radius 3 is 3.00 bits per heavy atom. The van der Waals surface area contributed by atoms with Crippen molar-refractivity contribution in [1.29, 1.82) is 5.26 Å². The summed E-state index contributed by atoms with van der Waals surface area (Å²) in [5.41, 5.74) is 2.44. The van der Waals surface area contributed by atoms with Gasteiger partial charge in [-0.2, -0.15) is 5.26 Å². The van der Waals surface area contributed by atoms with Crippen molar-refractivity contribution in [2.45, 2.75) is 24.4 Å². The van der Waals surface area contributed by atoms with E-state index in [1.165, 1.54) is 11.1 Å². The topological polar surface area (TPSA) is 56.1 Å². The summed E-state index contributed by atoms with van der Waals surface area (Å²) in [4.78, 5) is 14.3. The molecule has 3 atom stereocenters. The Morgan fingerprint density at radius 2 is 2.27 bits per heavy atom. The molecule has 0 spiro atoms. The monoisotopic (exact) mass is 355 g/mol. The van der Waals surface area contributed by atoms with Crippen LogP contribution in [0.5, 0.6) is 0 Å². The predicted molar refractivity (Wildman–Crippen MR) is 94.1 cm³/mol. The zero-order valence-electron chi connectivity index (χ0n) is 12.2. The van der Waals surface area contributed by atoms with E-state index in [1.807, 2.05) is 6.07 Å². The molecule has 118 valence electrons. The second kappa shape index (κ2) is 7.60. The van der Waals surface area contributed by atoms with Gasteiger partial charge in [-0.1, -0.05) is 29.8 Å². The van der Waals surface area contributed by atoms with Gasteiger partial charge < -0.3 is 4.90 Å². The van der Waals surface area contributed by atoms with Crippen LogP contribution in [0, 0.1) is 18.3 Å². The first-order valence-electron chi connectivity index (χ1n) is 6.91. The minimum atomic E-state index is -0.271. The maximum atomic E-state index is 12.5. The molecule has 2 heterocycles. The van der Waals surface area contributed by atoms with E-state index in [0.29, 0.717) is 5.88 Å². The van der Waals surface area contributed by atoms with Crippen LogP contribution in [0.1, 0.15) is 16.5 Å². The lowest BCUT2D eigenvalue weighted by Crippen LogP contribution is -2.47. The van der Waals surface area contributed by atoms with Gasteiger partial charge in [0.15, 0.2) is 0 Å². The number of thioether (sulfide) groups is 2. The molecule has 2 fully saturated rings. The van der Waals surface area contributed by atoms with Crippen molar-refractivity contribution >= 4 is 41.8 Å². The highest BCUT2D eigenvalue weighted by Gasteiger charge is 2.37. The summed E-state index contributed by atoms with van der Waals surface area (Å²) in [5.74, 6) is 2.18. The highest BCUT2D eigenvalue weighted by atomic mass is 35.5. The largest absolute Gasteiger partial charge is 0.315 e. The number of rotatable bonds is 2. The van der Waals surface area contributed by atoms with Gasteiger partial charge in [-0.25, -0.2) is 0 Å². The Hall–Kier alpha value is -0.870. The molecule has 0 aromatic heterocycles. The van der Waals surface area contributed by atoms with Gasteiger partial charge in [0.1, 0.15) is 6.04 Å². The van der Waals surface area contributed by atoms with Gasteiger partial charge in [0.05, 0.1) is 23.4 Å². The summed E-state index contributed by atoms with van der Waals surface area (Å²) in [6, 6.07) is 10.1.